The zero-order valence-electron chi connectivity index (χ0n) is 11.3. The normalized spacial score (nSPS) is 12.4. The van der Waals surface area contributed by atoms with Crippen LogP contribution in [0.25, 0.3) is 0 Å². The summed E-state index contributed by atoms with van der Waals surface area (Å²) in [5.74, 6) is 0. The molecule has 0 aliphatic rings. The Bertz CT molecular complexity index is 520. The lowest BCUT2D eigenvalue weighted by Gasteiger charge is -2.16. The molecule has 1 N–H and O–H groups in total. The van der Waals surface area contributed by atoms with Crippen LogP contribution in [0.3, 0.4) is 0 Å². The number of pyridine rings is 1. The molecule has 0 bridgehead atoms. The van der Waals surface area contributed by atoms with E-state index in [1.165, 1.54) is 11.1 Å². The third-order valence-corrected chi connectivity index (χ3v) is 3.19. The van der Waals surface area contributed by atoms with Gasteiger partial charge in [0.05, 0.1) is 5.69 Å². The molecule has 0 saturated heterocycles. The smallest absolute Gasteiger partial charge is 0.0545 e. The van der Waals surface area contributed by atoms with Gasteiger partial charge in [-0.15, -0.1) is 0 Å². The highest BCUT2D eigenvalue weighted by molar-refractivity contribution is 5.28. The Labute approximate surface area is 109 Å². The highest BCUT2D eigenvalue weighted by Crippen LogP contribution is 2.16. The summed E-state index contributed by atoms with van der Waals surface area (Å²) >= 11 is 0. The molecular weight excluding hydrogens is 220 g/mol. The molecule has 1 aromatic carbocycles. The standard InChI is InChI=1S/C16H20N2/c1-12-7-4-5-10-16(12)14(3)17-11-15-9-6-8-13(2)18-15/h4-10,14,17H,11H2,1-3H3/t14-/m0/s1. The number of hydrogen-bond acceptors (Lipinski definition) is 2. The molecule has 0 amide bonds. The molecule has 2 aromatic rings. The number of aryl methyl sites for hydroxylation is 2. The van der Waals surface area contributed by atoms with Crippen LogP contribution in [0.4, 0.5) is 0 Å². The molecule has 94 valence electrons. The number of nitrogens with zero attached hydrogens (tertiary/aromatic N) is 1. The molecule has 18 heavy (non-hydrogen) atoms. The highest BCUT2D eigenvalue weighted by Gasteiger charge is 2.07. The lowest BCUT2D eigenvalue weighted by molar-refractivity contribution is 0.565. The molecule has 0 aliphatic heterocycles. The fourth-order valence-electron chi connectivity index (χ4n) is 2.14. The van der Waals surface area contributed by atoms with E-state index in [2.05, 4.69) is 60.5 Å². The lowest BCUT2D eigenvalue weighted by atomic mass is 10.0. The molecule has 2 rings (SSSR count). The van der Waals surface area contributed by atoms with Crippen LogP contribution in [0.2, 0.25) is 0 Å². The van der Waals surface area contributed by atoms with Crippen LogP contribution in [0.1, 0.15) is 35.5 Å². The monoisotopic (exact) mass is 240 g/mol. The molecule has 0 spiro atoms. The van der Waals surface area contributed by atoms with Gasteiger partial charge in [0.1, 0.15) is 0 Å². The van der Waals surface area contributed by atoms with Gasteiger partial charge in [0.25, 0.3) is 0 Å². The van der Waals surface area contributed by atoms with E-state index in [1.807, 2.05) is 13.0 Å². The van der Waals surface area contributed by atoms with Gasteiger partial charge in [-0.1, -0.05) is 30.3 Å². The van der Waals surface area contributed by atoms with E-state index in [1.54, 1.807) is 0 Å². The number of nitrogens with one attached hydrogen (secondary N) is 1. The Hall–Kier alpha value is -1.67. The molecule has 2 heteroatoms. The van der Waals surface area contributed by atoms with E-state index in [0.717, 1.165) is 17.9 Å². The zero-order chi connectivity index (χ0) is 13.0. The van der Waals surface area contributed by atoms with Gasteiger partial charge in [-0.2, -0.15) is 0 Å². The van der Waals surface area contributed by atoms with Crippen LogP contribution in [-0.2, 0) is 6.54 Å². The third kappa shape index (κ3) is 3.17. The predicted octanol–water partition coefficient (Wildman–Crippen LogP) is 3.55. The Morgan fingerprint density at radius 1 is 1.06 bits per heavy atom. The third-order valence-electron chi connectivity index (χ3n) is 3.19. The van der Waals surface area contributed by atoms with Gasteiger partial charge in [0, 0.05) is 18.3 Å². The summed E-state index contributed by atoms with van der Waals surface area (Å²) < 4.78 is 0. The maximum atomic E-state index is 4.50. The van der Waals surface area contributed by atoms with Crippen molar-refractivity contribution in [2.45, 2.75) is 33.4 Å². The van der Waals surface area contributed by atoms with Crippen LogP contribution in [0.15, 0.2) is 42.5 Å². The van der Waals surface area contributed by atoms with E-state index in [9.17, 15) is 0 Å². The van der Waals surface area contributed by atoms with Gasteiger partial charge in [-0.25, -0.2) is 0 Å². The van der Waals surface area contributed by atoms with E-state index in [-0.39, 0.29) is 0 Å². The summed E-state index contributed by atoms with van der Waals surface area (Å²) in [7, 11) is 0. The second-order valence-electron chi connectivity index (χ2n) is 4.73. The van der Waals surface area contributed by atoms with E-state index < -0.39 is 0 Å². The van der Waals surface area contributed by atoms with Crippen molar-refractivity contribution in [1.82, 2.24) is 10.3 Å². The van der Waals surface area contributed by atoms with Gasteiger partial charge in [-0.05, 0) is 44.0 Å². The van der Waals surface area contributed by atoms with Crippen molar-refractivity contribution in [1.29, 1.82) is 0 Å². The van der Waals surface area contributed by atoms with Crippen molar-refractivity contribution in [3.63, 3.8) is 0 Å². The van der Waals surface area contributed by atoms with Crippen LogP contribution in [0.5, 0.6) is 0 Å². The molecule has 0 saturated carbocycles. The van der Waals surface area contributed by atoms with E-state index in [4.69, 9.17) is 0 Å². The fourth-order valence-corrected chi connectivity index (χ4v) is 2.14. The number of rotatable bonds is 4. The second kappa shape index (κ2) is 5.78. The highest BCUT2D eigenvalue weighted by atomic mass is 14.9. The summed E-state index contributed by atoms with van der Waals surface area (Å²) in [6.07, 6.45) is 0. The van der Waals surface area contributed by atoms with Crippen molar-refractivity contribution < 1.29 is 0 Å². The largest absolute Gasteiger partial charge is 0.305 e. The Balaban J connectivity index is 2.00. The van der Waals surface area contributed by atoms with Crippen LogP contribution < -0.4 is 5.32 Å². The first-order valence-corrected chi connectivity index (χ1v) is 6.38. The lowest BCUT2D eigenvalue weighted by Crippen LogP contribution is -2.19. The van der Waals surface area contributed by atoms with Gasteiger partial charge < -0.3 is 5.32 Å². The Morgan fingerprint density at radius 2 is 1.83 bits per heavy atom. The van der Waals surface area contributed by atoms with Crippen LogP contribution in [-0.4, -0.2) is 4.98 Å². The van der Waals surface area contributed by atoms with Gasteiger partial charge in [0.15, 0.2) is 0 Å². The summed E-state index contributed by atoms with van der Waals surface area (Å²) in [5.41, 5.74) is 4.84. The Kier molecular flexibility index (Phi) is 4.11. The average Bonchev–Trinajstić information content (AvgIpc) is 2.37. The molecule has 0 radical (unpaired) electrons. The molecule has 0 aliphatic carbocycles. The van der Waals surface area contributed by atoms with Gasteiger partial charge in [-0.3, -0.25) is 4.98 Å². The SMILES string of the molecule is Cc1cccc(CN[C@@H](C)c2ccccc2C)n1. The van der Waals surface area contributed by atoms with Crippen LogP contribution in [0, 0.1) is 13.8 Å². The van der Waals surface area contributed by atoms with Crippen molar-refractivity contribution in [3.8, 4) is 0 Å². The summed E-state index contributed by atoms with van der Waals surface area (Å²) in [6.45, 7) is 7.17. The number of hydrogen-bond donors (Lipinski definition) is 1. The summed E-state index contributed by atoms with van der Waals surface area (Å²) in [5, 5.41) is 3.52. The Morgan fingerprint density at radius 3 is 2.56 bits per heavy atom. The maximum absolute atomic E-state index is 4.50. The quantitative estimate of drug-likeness (QED) is 0.884. The first-order chi connectivity index (χ1) is 8.66. The fraction of sp³-hybridized carbons (Fsp3) is 0.312. The van der Waals surface area contributed by atoms with Crippen molar-refractivity contribution >= 4 is 0 Å². The van der Waals surface area contributed by atoms with Gasteiger partial charge in [0.2, 0.25) is 0 Å². The predicted molar refractivity (Wildman–Crippen MR) is 75.4 cm³/mol. The molecule has 1 atom stereocenters. The minimum atomic E-state index is 0.341. The van der Waals surface area contributed by atoms with Gasteiger partial charge >= 0.3 is 0 Å². The minimum Gasteiger partial charge on any atom is -0.305 e. The topological polar surface area (TPSA) is 24.9 Å². The number of benzene rings is 1. The molecule has 1 heterocycles. The molecule has 2 nitrogen and oxygen atoms in total. The average molecular weight is 240 g/mol. The summed E-state index contributed by atoms with van der Waals surface area (Å²) in [4.78, 5) is 4.50. The van der Waals surface area contributed by atoms with Crippen molar-refractivity contribution in [2.24, 2.45) is 0 Å². The number of aromatic nitrogens is 1. The van der Waals surface area contributed by atoms with Crippen molar-refractivity contribution in [2.75, 3.05) is 0 Å². The van der Waals surface area contributed by atoms with Crippen LogP contribution >= 0.6 is 0 Å². The molecule has 0 unspecified atom stereocenters. The van der Waals surface area contributed by atoms with Crippen molar-refractivity contribution in [3.05, 3.63) is 65.0 Å². The first-order valence-electron chi connectivity index (χ1n) is 6.38. The minimum absolute atomic E-state index is 0.341. The first kappa shape index (κ1) is 12.8. The second-order valence-corrected chi connectivity index (χ2v) is 4.73. The molecular formula is C16H20N2. The van der Waals surface area contributed by atoms with E-state index in [0.29, 0.717) is 6.04 Å². The van der Waals surface area contributed by atoms with E-state index >= 15 is 0 Å². The zero-order valence-corrected chi connectivity index (χ0v) is 11.3. The summed E-state index contributed by atoms with van der Waals surface area (Å²) in [6, 6.07) is 15.0. The maximum Gasteiger partial charge on any atom is 0.0545 e. The molecule has 0 fully saturated rings. The molecule has 1 aromatic heterocycles.